The highest BCUT2D eigenvalue weighted by atomic mass is 79.9. The Morgan fingerprint density at radius 2 is 2.21 bits per heavy atom. The highest BCUT2D eigenvalue weighted by Gasteiger charge is 2.00. The van der Waals surface area contributed by atoms with E-state index in [1.807, 2.05) is 31.2 Å². The molecule has 0 amide bonds. The normalized spacial score (nSPS) is 10.4. The average Bonchev–Trinajstić information content (AvgIpc) is 2.20. The molecule has 1 aromatic carbocycles. The molecule has 14 heavy (non-hydrogen) atoms. The lowest BCUT2D eigenvalue weighted by Gasteiger charge is -2.05. The molecule has 0 atom stereocenters. The van der Waals surface area contributed by atoms with E-state index >= 15 is 0 Å². The molecule has 0 aliphatic rings. The van der Waals surface area contributed by atoms with Crippen LogP contribution in [0.15, 0.2) is 35.1 Å². The Labute approximate surface area is 91.0 Å². The minimum absolute atomic E-state index is 0.684. The minimum Gasteiger partial charge on any atom is -0.494 e. The number of benzene rings is 1. The zero-order valence-electron chi connectivity index (χ0n) is 7.83. The van der Waals surface area contributed by atoms with Crippen LogP contribution in [0.2, 0.25) is 0 Å². The Bertz CT molecular complexity index is 456. The quantitative estimate of drug-likeness (QED) is 0.764. The molecule has 0 spiro atoms. The van der Waals surface area contributed by atoms with Crippen molar-refractivity contribution in [1.29, 1.82) is 0 Å². The lowest BCUT2D eigenvalue weighted by Crippen LogP contribution is -1.91. The zero-order chi connectivity index (χ0) is 9.97. The number of halogens is 1. The number of nitrogens with zero attached hydrogens (tertiary/aromatic N) is 1. The summed E-state index contributed by atoms with van der Waals surface area (Å²) < 4.78 is 6.28. The third-order valence-corrected chi connectivity index (χ3v) is 2.63. The fourth-order valence-electron chi connectivity index (χ4n) is 1.37. The molecule has 0 unspecified atom stereocenters. The summed E-state index contributed by atoms with van der Waals surface area (Å²) in [6.07, 6.45) is 1.78. The van der Waals surface area contributed by atoms with Gasteiger partial charge in [0, 0.05) is 11.6 Å². The van der Waals surface area contributed by atoms with E-state index in [0.29, 0.717) is 6.61 Å². The molecule has 0 saturated carbocycles. The van der Waals surface area contributed by atoms with Crippen molar-refractivity contribution in [1.82, 2.24) is 4.98 Å². The van der Waals surface area contributed by atoms with Crippen LogP contribution >= 0.6 is 15.9 Å². The van der Waals surface area contributed by atoms with E-state index in [2.05, 4.69) is 20.9 Å². The molecule has 0 saturated heterocycles. The molecule has 72 valence electrons. The number of aromatic nitrogens is 1. The highest BCUT2D eigenvalue weighted by molar-refractivity contribution is 9.10. The van der Waals surface area contributed by atoms with Crippen molar-refractivity contribution in [2.24, 2.45) is 0 Å². The number of hydrogen-bond donors (Lipinski definition) is 0. The summed E-state index contributed by atoms with van der Waals surface area (Å²) in [5, 5.41) is 2.24. The van der Waals surface area contributed by atoms with Crippen LogP contribution in [-0.4, -0.2) is 11.6 Å². The van der Waals surface area contributed by atoms with Gasteiger partial charge in [-0.1, -0.05) is 6.07 Å². The topological polar surface area (TPSA) is 22.1 Å². The Hall–Kier alpha value is -1.09. The van der Waals surface area contributed by atoms with Crippen LogP contribution in [-0.2, 0) is 0 Å². The maximum Gasteiger partial charge on any atom is 0.120 e. The van der Waals surface area contributed by atoms with Gasteiger partial charge in [0.2, 0.25) is 0 Å². The van der Waals surface area contributed by atoms with Crippen molar-refractivity contribution in [3.8, 4) is 5.75 Å². The molecule has 0 aliphatic heterocycles. The lowest BCUT2D eigenvalue weighted by atomic mass is 10.2. The molecule has 2 nitrogen and oxygen atoms in total. The largest absolute Gasteiger partial charge is 0.494 e. The first kappa shape index (κ1) is 9.46. The Morgan fingerprint density at radius 3 is 3.00 bits per heavy atom. The Balaban J connectivity index is 2.58. The summed E-state index contributed by atoms with van der Waals surface area (Å²) in [4.78, 5) is 4.17. The van der Waals surface area contributed by atoms with E-state index in [1.165, 1.54) is 0 Å². The van der Waals surface area contributed by atoms with E-state index in [1.54, 1.807) is 6.20 Å². The predicted molar refractivity (Wildman–Crippen MR) is 60.6 cm³/mol. The average molecular weight is 252 g/mol. The van der Waals surface area contributed by atoms with Crippen molar-refractivity contribution < 1.29 is 4.74 Å². The van der Waals surface area contributed by atoms with E-state index in [9.17, 15) is 0 Å². The van der Waals surface area contributed by atoms with Gasteiger partial charge >= 0.3 is 0 Å². The monoisotopic (exact) mass is 251 g/mol. The molecule has 1 heterocycles. The van der Waals surface area contributed by atoms with Crippen LogP contribution in [0, 0.1) is 0 Å². The van der Waals surface area contributed by atoms with Crippen LogP contribution in [0.5, 0.6) is 5.75 Å². The third kappa shape index (κ3) is 1.73. The van der Waals surface area contributed by atoms with E-state index in [-0.39, 0.29) is 0 Å². The van der Waals surface area contributed by atoms with Gasteiger partial charge in [0.25, 0.3) is 0 Å². The number of rotatable bonds is 2. The fraction of sp³-hybridized carbons (Fsp3) is 0.182. The molecule has 3 heteroatoms. The molecule has 0 fully saturated rings. The summed E-state index contributed by atoms with van der Waals surface area (Å²) in [6.45, 7) is 2.66. The van der Waals surface area contributed by atoms with Gasteiger partial charge in [0.15, 0.2) is 0 Å². The number of pyridine rings is 1. The van der Waals surface area contributed by atoms with Crippen molar-refractivity contribution in [2.75, 3.05) is 6.61 Å². The summed E-state index contributed by atoms with van der Waals surface area (Å²) in [7, 11) is 0. The molecular formula is C11H10BrNO. The van der Waals surface area contributed by atoms with Crippen LogP contribution < -0.4 is 4.74 Å². The number of ether oxygens (including phenoxy) is 1. The lowest BCUT2D eigenvalue weighted by molar-refractivity contribution is 0.340. The molecular weight excluding hydrogens is 242 g/mol. The first-order valence-electron chi connectivity index (χ1n) is 4.48. The summed E-state index contributed by atoms with van der Waals surface area (Å²) in [5.74, 6) is 0.883. The molecule has 2 aromatic rings. The molecule has 0 N–H and O–H groups in total. The van der Waals surface area contributed by atoms with Crippen LogP contribution in [0.3, 0.4) is 0 Å². The second kappa shape index (κ2) is 3.96. The third-order valence-electron chi connectivity index (χ3n) is 2.00. The minimum atomic E-state index is 0.684. The van der Waals surface area contributed by atoms with Crippen LogP contribution in [0.1, 0.15) is 6.92 Å². The van der Waals surface area contributed by atoms with Crippen molar-refractivity contribution in [3.05, 3.63) is 35.1 Å². The van der Waals surface area contributed by atoms with Crippen LogP contribution in [0.25, 0.3) is 10.8 Å². The standard InChI is InChI=1S/C11H10BrNO/c1-2-14-9-4-3-8-5-6-13-11(12)10(8)7-9/h3-7H,2H2,1H3. The first-order chi connectivity index (χ1) is 6.81. The van der Waals surface area contributed by atoms with Gasteiger partial charge in [0.1, 0.15) is 10.4 Å². The van der Waals surface area contributed by atoms with E-state index < -0.39 is 0 Å². The summed E-state index contributed by atoms with van der Waals surface area (Å²) in [5.41, 5.74) is 0. The van der Waals surface area contributed by atoms with Gasteiger partial charge in [-0.2, -0.15) is 0 Å². The van der Waals surface area contributed by atoms with Crippen molar-refractivity contribution in [2.45, 2.75) is 6.92 Å². The number of hydrogen-bond acceptors (Lipinski definition) is 2. The highest BCUT2D eigenvalue weighted by Crippen LogP contribution is 2.25. The fourth-order valence-corrected chi connectivity index (χ4v) is 1.83. The molecule has 0 bridgehead atoms. The molecule has 0 radical (unpaired) electrons. The Morgan fingerprint density at radius 1 is 1.36 bits per heavy atom. The Kier molecular flexibility index (Phi) is 2.68. The number of fused-ring (bicyclic) bond motifs is 1. The predicted octanol–water partition coefficient (Wildman–Crippen LogP) is 3.40. The smallest absolute Gasteiger partial charge is 0.120 e. The van der Waals surface area contributed by atoms with Gasteiger partial charge < -0.3 is 4.74 Å². The second-order valence-electron chi connectivity index (χ2n) is 2.92. The van der Waals surface area contributed by atoms with Crippen molar-refractivity contribution in [3.63, 3.8) is 0 Å². The maximum absolute atomic E-state index is 5.42. The molecule has 0 aliphatic carbocycles. The second-order valence-corrected chi connectivity index (χ2v) is 3.67. The summed E-state index contributed by atoms with van der Waals surface area (Å²) >= 11 is 3.42. The molecule has 2 rings (SSSR count). The molecule has 1 aromatic heterocycles. The van der Waals surface area contributed by atoms with Gasteiger partial charge in [-0.25, -0.2) is 4.98 Å². The maximum atomic E-state index is 5.42. The SMILES string of the molecule is CCOc1ccc2ccnc(Br)c2c1. The van der Waals surface area contributed by atoms with Gasteiger partial charge in [0.05, 0.1) is 6.61 Å². The van der Waals surface area contributed by atoms with E-state index in [4.69, 9.17) is 4.74 Å². The van der Waals surface area contributed by atoms with Gasteiger partial charge in [-0.3, -0.25) is 0 Å². The summed E-state index contributed by atoms with van der Waals surface area (Å²) in [6, 6.07) is 7.98. The van der Waals surface area contributed by atoms with Crippen molar-refractivity contribution >= 4 is 26.7 Å². The van der Waals surface area contributed by atoms with Gasteiger partial charge in [-0.15, -0.1) is 0 Å². The van der Waals surface area contributed by atoms with Crippen LogP contribution in [0.4, 0.5) is 0 Å². The van der Waals surface area contributed by atoms with Gasteiger partial charge in [-0.05, 0) is 46.4 Å². The zero-order valence-corrected chi connectivity index (χ0v) is 9.41. The van der Waals surface area contributed by atoms with E-state index in [0.717, 1.165) is 21.1 Å². The first-order valence-corrected chi connectivity index (χ1v) is 5.27.